The van der Waals surface area contributed by atoms with Gasteiger partial charge in [0.1, 0.15) is 0 Å². The molecule has 0 spiro atoms. The summed E-state index contributed by atoms with van der Waals surface area (Å²) >= 11 is 0. The largest absolute Gasteiger partial charge is 0.388 e. The maximum absolute atomic E-state index is 10.3. The quantitative estimate of drug-likeness (QED) is 0.747. The molecule has 1 N–H and O–H groups in total. The topological polar surface area (TPSA) is 20.2 Å². The number of rotatable bonds is 2. The van der Waals surface area contributed by atoms with Gasteiger partial charge in [-0.05, 0) is 25.0 Å². The molecule has 2 atom stereocenters. The summed E-state index contributed by atoms with van der Waals surface area (Å²) in [5.41, 5.74) is 3.22. The zero-order valence-electron chi connectivity index (χ0n) is 9.70. The molecule has 0 aromatic heterocycles. The van der Waals surface area contributed by atoms with Crippen LogP contribution in [0.5, 0.6) is 0 Å². The van der Waals surface area contributed by atoms with Crippen molar-refractivity contribution in [1.29, 1.82) is 0 Å². The van der Waals surface area contributed by atoms with Crippen LogP contribution in [0.15, 0.2) is 35.9 Å². The first kappa shape index (κ1) is 11.0. The molecule has 0 aliphatic heterocycles. The van der Waals surface area contributed by atoms with Crippen molar-refractivity contribution < 1.29 is 5.11 Å². The van der Waals surface area contributed by atoms with Gasteiger partial charge in [0, 0.05) is 12.3 Å². The van der Waals surface area contributed by atoms with Gasteiger partial charge in [-0.15, -0.1) is 0 Å². The lowest BCUT2D eigenvalue weighted by molar-refractivity contribution is 0.133. The van der Waals surface area contributed by atoms with Crippen LogP contribution in [0.4, 0.5) is 0 Å². The maximum atomic E-state index is 10.3. The van der Waals surface area contributed by atoms with Crippen LogP contribution in [-0.2, 0) is 0 Å². The third-order valence-corrected chi connectivity index (χ3v) is 2.88. The van der Waals surface area contributed by atoms with Gasteiger partial charge in [-0.1, -0.05) is 47.7 Å². The SMILES string of the molecule is CC1=CC(C(O)c2cccc(C)c2)CC#C1. The number of aliphatic hydroxyl groups excluding tert-OH is 1. The molecule has 1 aliphatic rings. The van der Waals surface area contributed by atoms with Crippen molar-refractivity contribution >= 4 is 0 Å². The van der Waals surface area contributed by atoms with Crippen molar-refractivity contribution in [1.82, 2.24) is 0 Å². The standard InChI is InChI=1S/C15H16O/c1-11-5-3-7-13(9-11)15(16)14-8-4-6-12(2)10-14/h3,5,7,9-10,14-16H,8H2,1-2H3. The summed E-state index contributed by atoms with van der Waals surface area (Å²) < 4.78 is 0. The third-order valence-electron chi connectivity index (χ3n) is 2.88. The van der Waals surface area contributed by atoms with Crippen molar-refractivity contribution in [2.75, 3.05) is 0 Å². The molecular weight excluding hydrogens is 196 g/mol. The van der Waals surface area contributed by atoms with E-state index in [9.17, 15) is 5.11 Å². The van der Waals surface area contributed by atoms with Gasteiger partial charge in [0.05, 0.1) is 6.10 Å². The Bertz CT molecular complexity index is 474. The zero-order chi connectivity index (χ0) is 11.5. The van der Waals surface area contributed by atoms with Crippen molar-refractivity contribution in [3.05, 3.63) is 47.0 Å². The number of aryl methyl sites for hydroxylation is 1. The Labute approximate surface area is 96.8 Å². The Morgan fingerprint density at radius 2 is 2.19 bits per heavy atom. The van der Waals surface area contributed by atoms with E-state index in [4.69, 9.17) is 0 Å². The summed E-state index contributed by atoms with van der Waals surface area (Å²) in [7, 11) is 0. The third kappa shape index (κ3) is 2.35. The Balaban J connectivity index is 2.21. The molecule has 82 valence electrons. The van der Waals surface area contributed by atoms with Crippen molar-refractivity contribution in [3.8, 4) is 11.8 Å². The molecular formula is C15H16O. The summed E-state index contributed by atoms with van der Waals surface area (Å²) in [5, 5.41) is 10.3. The van der Waals surface area contributed by atoms with Crippen molar-refractivity contribution in [3.63, 3.8) is 0 Å². The van der Waals surface area contributed by atoms with Gasteiger partial charge in [0.25, 0.3) is 0 Å². The Morgan fingerprint density at radius 3 is 2.88 bits per heavy atom. The minimum atomic E-state index is -0.440. The van der Waals surface area contributed by atoms with Crippen LogP contribution in [0.25, 0.3) is 0 Å². The highest BCUT2D eigenvalue weighted by molar-refractivity contribution is 5.33. The van der Waals surface area contributed by atoms with Gasteiger partial charge < -0.3 is 5.11 Å². The highest BCUT2D eigenvalue weighted by atomic mass is 16.3. The van der Waals surface area contributed by atoms with E-state index < -0.39 is 6.10 Å². The van der Waals surface area contributed by atoms with Gasteiger partial charge in [-0.2, -0.15) is 0 Å². The van der Waals surface area contributed by atoms with E-state index in [1.165, 1.54) is 5.56 Å². The predicted molar refractivity (Wildman–Crippen MR) is 65.8 cm³/mol. The molecule has 0 bridgehead atoms. The van der Waals surface area contributed by atoms with Gasteiger partial charge in [-0.3, -0.25) is 0 Å². The molecule has 1 aromatic rings. The zero-order valence-corrected chi connectivity index (χ0v) is 9.70. The molecule has 0 amide bonds. The molecule has 1 aromatic carbocycles. The lowest BCUT2D eigenvalue weighted by Gasteiger charge is -2.20. The van der Waals surface area contributed by atoms with E-state index in [1.807, 2.05) is 38.1 Å². The molecule has 0 fully saturated rings. The first-order chi connectivity index (χ1) is 7.66. The second-order valence-corrected chi connectivity index (χ2v) is 4.38. The van der Waals surface area contributed by atoms with Gasteiger partial charge in [0.15, 0.2) is 0 Å². The second-order valence-electron chi connectivity index (χ2n) is 4.38. The Hall–Kier alpha value is -1.52. The van der Waals surface area contributed by atoms with Crippen LogP contribution in [0, 0.1) is 24.7 Å². The van der Waals surface area contributed by atoms with Crippen LogP contribution in [-0.4, -0.2) is 5.11 Å². The average molecular weight is 212 g/mol. The summed E-state index contributed by atoms with van der Waals surface area (Å²) in [6.07, 6.45) is 2.38. The molecule has 2 rings (SSSR count). The fourth-order valence-electron chi connectivity index (χ4n) is 2.03. The predicted octanol–water partition coefficient (Wildman–Crippen LogP) is 3.00. The van der Waals surface area contributed by atoms with Gasteiger partial charge in [-0.25, -0.2) is 0 Å². The summed E-state index contributed by atoms with van der Waals surface area (Å²) in [4.78, 5) is 0. The molecule has 1 heteroatoms. The molecule has 16 heavy (non-hydrogen) atoms. The molecule has 0 saturated heterocycles. The second kappa shape index (κ2) is 4.55. The van der Waals surface area contributed by atoms with E-state index >= 15 is 0 Å². The molecule has 1 aliphatic carbocycles. The molecule has 0 radical (unpaired) electrons. The van der Waals surface area contributed by atoms with Crippen LogP contribution in [0.1, 0.15) is 30.6 Å². The maximum Gasteiger partial charge on any atom is 0.0862 e. The van der Waals surface area contributed by atoms with Crippen LogP contribution in [0.2, 0.25) is 0 Å². The first-order valence-corrected chi connectivity index (χ1v) is 5.59. The van der Waals surface area contributed by atoms with E-state index in [0.29, 0.717) is 0 Å². The van der Waals surface area contributed by atoms with Crippen LogP contribution < -0.4 is 0 Å². The van der Waals surface area contributed by atoms with Crippen LogP contribution in [0.3, 0.4) is 0 Å². The number of benzene rings is 1. The molecule has 2 unspecified atom stereocenters. The van der Waals surface area contributed by atoms with E-state index in [0.717, 1.165) is 17.6 Å². The molecule has 0 heterocycles. The molecule has 0 saturated carbocycles. The van der Waals surface area contributed by atoms with E-state index in [1.54, 1.807) is 0 Å². The summed E-state index contributed by atoms with van der Waals surface area (Å²) in [6.45, 7) is 4.03. The van der Waals surface area contributed by atoms with E-state index in [-0.39, 0.29) is 5.92 Å². The Morgan fingerprint density at radius 1 is 1.38 bits per heavy atom. The lowest BCUT2D eigenvalue weighted by Crippen LogP contribution is -2.12. The fourth-order valence-corrected chi connectivity index (χ4v) is 2.03. The van der Waals surface area contributed by atoms with Gasteiger partial charge in [0.2, 0.25) is 0 Å². The minimum absolute atomic E-state index is 0.128. The number of aliphatic hydroxyl groups is 1. The average Bonchev–Trinajstić information content (AvgIpc) is 2.28. The van der Waals surface area contributed by atoms with Gasteiger partial charge >= 0.3 is 0 Å². The fraction of sp³-hybridized carbons (Fsp3) is 0.333. The van der Waals surface area contributed by atoms with Crippen molar-refractivity contribution in [2.24, 2.45) is 5.92 Å². The minimum Gasteiger partial charge on any atom is -0.388 e. The lowest BCUT2D eigenvalue weighted by atomic mass is 9.89. The Kier molecular flexibility index (Phi) is 3.12. The highest BCUT2D eigenvalue weighted by Gasteiger charge is 2.19. The normalized spacial score (nSPS) is 20.7. The molecule has 1 nitrogen and oxygen atoms in total. The highest BCUT2D eigenvalue weighted by Crippen LogP contribution is 2.28. The smallest absolute Gasteiger partial charge is 0.0862 e. The van der Waals surface area contributed by atoms with Crippen LogP contribution >= 0.6 is 0 Å². The van der Waals surface area contributed by atoms with E-state index in [2.05, 4.69) is 17.9 Å². The number of hydrogen-bond donors (Lipinski definition) is 1. The monoisotopic (exact) mass is 212 g/mol. The first-order valence-electron chi connectivity index (χ1n) is 5.59. The van der Waals surface area contributed by atoms with Crippen molar-refractivity contribution in [2.45, 2.75) is 26.4 Å². The summed E-state index contributed by atoms with van der Waals surface area (Å²) in [6, 6.07) is 8.04. The number of hydrogen-bond acceptors (Lipinski definition) is 1. The summed E-state index contributed by atoms with van der Waals surface area (Å²) in [5.74, 6) is 6.23. The number of allylic oxidation sites excluding steroid dienone is 1.